The fraction of sp³-hybridized carbons (Fsp3) is 0. The first-order valence-electron chi connectivity index (χ1n) is 5.40. The van der Waals surface area contributed by atoms with Gasteiger partial charge in [0.2, 0.25) is 0 Å². The van der Waals surface area contributed by atoms with Crippen molar-refractivity contribution in [2.75, 3.05) is 0 Å². The van der Waals surface area contributed by atoms with Crippen LogP contribution in [0.4, 0.5) is 4.39 Å². The van der Waals surface area contributed by atoms with E-state index in [1.165, 1.54) is 12.4 Å². The van der Waals surface area contributed by atoms with E-state index in [0.717, 1.165) is 5.56 Å². The predicted octanol–water partition coefficient (Wildman–Crippen LogP) is 2.47. The van der Waals surface area contributed by atoms with Gasteiger partial charge in [-0.15, -0.1) is 0 Å². The molecule has 4 nitrogen and oxygen atoms in total. The van der Waals surface area contributed by atoms with Crippen molar-refractivity contribution in [1.29, 1.82) is 0 Å². The Morgan fingerprint density at radius 2 is 1.94 bits per heavy atom. The van der Waals surface area contributed by atoms with E-state index in [-0.39, 0.29) is 5.82 Å². The number of aromatic nitrogens is 4. The Labute approximate surface area is 103 Å². The molecule has 0 aliphatic heterocycles. The number of nitrogens with zero attached hydrogens (tertiary/aromatic N) is 4. The van der Waals surface area contributed by atoms with E-state index in [9.17, 15) is 4.39 Å². The van der Waals surface area contributed by atoms with Gasteiger partial charge in [-0.25, -0.2) is 19.0 Å². The average molecular weight is 240 g/mol. The molecule has 5 heteroatoms. The topological polar surface area (TPSA) is 43.6 Å². The first-order valence-corrected chi connectivity index (χ1v) is 5.40. The van der Waals surface area contributed by atoms with Gasteiger partial charge >= 0.3 is 0 Å². The molecule has 2 heterocycles. The normalized spacial score (nSPS) is 10.5. The summed E-state index contributed by atoms with van der Waals surface area (Å²) in [6.45, 7) is 0. The maximum absolute atomic E-state index is 13.6. The fourth-order valence-corrected chi connectivity index (χ4v) is 1.70. The highest BCUT2D eigenvalue weighted by molar-refractivity contribution is 5.63. The van der Waals surface area contributed by atoms with E-state index in [4.69, 9.17) is 0 Å². The number of benzene rings is 1. The molecule has 88 valence electrons. The first-order chi connectivity index (χ1) is 8.84. The zero-order valence-electron chi connectivity index (χ0n) is 9.36. The predicted molar refractivity (Wildman–Crippen MR) is 64.5 cm³/mol. The first kappa shape index (κ1) is 10.6. The second kappa shape index (κ2) is 4.37. The summed E-state index contributed by atoms with van der Waals surface area (Å²) in [5.74, 6) is 0.389. The van der Waals surface area contributed by atoms with Gasteiger partial charge in [0.05, 0.1) is 0 Å². The van der Waals surface area contributed by atoms with Gasteiger partial charge in [0.25, 0.3) is 0 Å². The molecule has 0 saturated carbocycles. The quantitative estimate of drug-likeness (QED) is 0.691. The molecule has 0 N–H and O–H groups in total. The molecule has 0 unspecified atom stereocenters. The van der Waals surface area contributed by atoms with Gasteiger partial charge in [-0.2, -0.15) is 5.10 Å². The molecule has 0 bridgehead atoms. The Balaban J connectivity index is 1.99. The van der Waals surface area contributed by atoms with Crippen molar-refractivity contribution in [2.45, 2.75) is 0 Å². The maximum Gasteiger partial charge on any atom is 0.155 e. The standard InChI is InChI=1S/C13H9FN4/c14-12-4-2-1-3-11(12)10-5-6-13(16-7-10)18-9-15-8-17-18/h1-9H. The minimum absolute atomic E-state index is 0.257. The molecule has 2 aromatic heterocycles. The second-order valence-corrected chi connectivity index (χ2v) is 3.72. The average Bonchev–Trinajstić information content (AvgIpc) is 2.94. The van der Waals surface area contributed by atoms with Crippen LogP contribution in [0, 0.1) is 5.82 Å². The fourth-order valence-electron chi connectivity index (χ4n) is 1.70. The summed E-state index contributed by atoms with van der Waals surface area (Å²) < 4.78 is 15.1. The lowest BCUT2D eigenvalue weighted by molar-refractivity contribution is 0.631. The van der Waals surface area contributed by atoms with E-state index in [2.05, 4.69) is 15.1 Å². The smallest absolute Gasteiger partial charge is 0.155 e. The van der Waals surface area contributed by atoms with Crippen molar-refractivity contribution in [1.82, 2.24) is 19.7 Å². The van der Waals surface area contributed by atoms with Crippen molar-refractivity contribution < 1.29 is 4.39 Å². The van der Waals surface area contributed by atoms with Crippen LogP contribution in [0.15, 0.2) is 55.2 Å². The summed E-state index contributed by atoms with van der Waals surface area (Å²) in [5.41, 5.74) is 1.27. The molecule has 0 amide bonds. The van der Waals surface area contributed by atoms with Crippen LogP contribution in [0.3, 0.4) is 0 Å². The van der Waals surface area contributed by atoms with Gasteiger partial charge in [-0.05, 0) is 18.2 Å². The lowest BCUT2D eigenvalue weighted by Gasteiger charge is -2.04. The van der Waals surface area contributed by atoms with Crippen molar-refractivity contribution in [3.8, 4) is 16.9 Å². The highest BCUT2D eigenvalue weighted by Gasteiger charge is 2.05. The summed E-state index contributed by atoms with van der Waals surface area (Å²) in [4.78, 5) is 8.08. The Bertz CT molecular complexity index is 647. The largest absolute Gasteiger partial charge is 0.236 e. The molecular weight excluding hydrogens is 231 g/mol. The third-order valence-corrected chi connectivity index (χ3v) is 2.59. The van der Waals surface area contributed by atoms with E-state index in [1.807, 2.05) is 6.07 Å². The number of hydrogen-bond acceptors (Lipinski definition) is 3. The van der Waals surface area contributed by atoms with Crippen LogP contribution in [0.2, 0.25) is 0 Å². The van der Waals surface area contributed by atoms with E-state index >= 15 is 0 Å². The number of hydrogen-bond donors (Lipinski definition) is 0. The minimum Gasteiger partial charge on any atom is -0.236 e. The van der Waals surface area contributed by atoms with Crippen LogP contribution >= 0.6 is 0 Å². The monoisotopic (exact) mass is 240 g/mol. The molecular formula is C13H9FN4. The Kier molecular flexibility index (Phi) is 2.57. The molecule has 3 aromatic rings. The van der Waals surface area contributed by atoms with Crippen LogP contribution in [-0.4, -0.2) is 19.7 Å². The molecule has 0 saturated heterocycles. The van der Waals surface area contributed by atoms with Gasteiger partial charge in [0.1, 0.15) is 18.5 Å². The molecule has 1 aromatic carbocycles. The van der Waals surface area contributed by atoms with Crippen molar-refractivity contribution in [3.63, 3.8) is 0 Å². The Morgan fingerprint density at radius 3 is 2.61 bits per heavy atom. The lowest BCUT2D eigenvalue weighted by Crippen LogP contribution is -1.97. The molecule has 0 aliphatic rings. The van der Waals surface area contributed by atoms with E-state index in [1.54, 1.807) is 41.5 Å². The maximum atomic E-state index is 13.6. The van der Waals surface area contributed by atoms with Crippen LogP contribution in [0.25, 0.3) is 16.9 Å². The van der Waals surface area contributed by atoms with Crippen molar-refractivity contribution >= 4 is 0 Å². The summed E-state index contributed by atoms with van der Waals surface area (Å²) in [7, 11) is 0. The molecule has 0 fully saturated rings. The highest BCUT2D eigenvalue weighted by atomic mass is 19.1. The van der Waals surface area contributed by atoms with E-state index < -0.39 is 0 Å². The summed E-state index contributed by atoms with van der Waals surface area (Å²) in [6.07, 6.45) is 4.62. The molecule has 0 atom stereocenters. The molecule has 0 radical (unpaired) electrons. The van der Waals surface area contributed by atoms with Crippen molar-refractivity contribution in [2.24, 2.45) is 0 Å². The highest BCUT2D eigenvalue weighted by Crippen LogP contribution is 2.21. The third kappa shape index (κ3) is 1.86. The molecule has 3 rings (SSSR count). The minimum atomic E-state index is -0.257. The Morgan fingerprint density at radius 1 is 1.06 bits per heavy atom. The number of pyridine rings is 1. The van der Waals surface area contributed by atoms with Crippen LogP contribution in [0.5, 0.6) is 0 Å². The molecule has 0 aliphatic carbocycles. The van der Waals surface area contributed by atoms with Gasteiger partial charge in [0.15, 0.2) is 5.82 Å². The van der Waals surface area contributed by atoms with Gasteiger partial charge in [-0.3, -0.25) is 0 Å². The SMILES string of the molecule is Fc1ccccc1-c1ccc(-n2cncn2)nc1. The number of rotatable bonds is 2. The molecule has 18 heavy (non-hydrogen) atoms. The zero-order valence-corrected chi connectivity index (χ0v) is 9.36. The van der Waals surface area contributed by atoms with E-state index in [0.29, 0.717) is 11.4 Å². The Hall–Kier alpha value is -2.56. The van der Waals surface area contributed by atoms with Gasteiger partial charge in [-0.1, -0.05) is 18.2 Å². The lowest BCUT2D eigenvalue weighted by atomic mass is 10.1. The van der Waals surface area contributed by atoms with Gasteiger partial charge < -0.3 is 0 Å². The summed E-state index contributed by atoms with van der Waals surface area (Å²) >= 11 is 0. The number of halogens is 1. The third-order valence-electron chi connectivity index (χ3n) is 2.59. The van der Waals surface area contributed by atoms with Gasteiger partial charge in [0, 0.05) is 17.3 Å². The zero-order chi connectivity index (χ0) is 12.4. The summed E-state index contributed by atoms with van der Waals surface area (Å²) in [5, 5.41) is 3.98. The second-order valence-electron chi connectivity index (χ2n) is 3.72. The summed E-state index contributed by atoms with van der Waals surface area (Å²) in [6, 6.07) is 10.2. The van der Waals surface area contributed by atoms with Crippen molar-refractivity contribution in [3.05, 3.63) is 61.1 Å². The molecule has 0 spiro atoms. The van der Waals surface area contributed by atoms with Crippen LogP contribution in [-0.2, 0) is 0 Å². The van der Waals surface area contributed by atoms with Crippen LogP contribution in [0.1, 0.15) is 0 Å². The van der Waals surface area contributed by atoms with Crippen LogP contribution < -0.4 is 0 Å².